The fraction of sp³-hybridized carbons (Fsp3) is 0. The zero-order valence-electron chi connectivity index (χ0n) is 9.67. The summed E-state index contributed by atoms with van der Waals surface area (Å²) in [6.07, 6.45) is 1.16. The Bertz CT molecular complexity index is 677. The SMILES string of the molecule is Fc1ccc(/C=N\Nc2nc(Cl)c(Cl)cc2Cl)c(F)c1. The molecular weight excluding hydrogens is 331 g/mol. The summed E-state index contributed by atoms with van der Waals surface area (Å²) in [7, 11) is 0. The first-order valence-electron chi connectivity index (χ1n) is 5.23. The Hall–Kier alpha value is -1.43. The molecule has 20 heavy (non-hydrogen) atoms. The largest absolute Gasteiger partial charge is 0.260 e. The van der Waals surface area contributed by atoms with E-state index in [1.54, 1.807) is 0 Å². The standard InChI is InChI=1S/C12H6Cl3F2N3/c13-8-4-9(14)12(19-11(8)15)20-18-5-6-1-2-7(16)3-10(6)17/h1-5H,(H,19,20)/b18-5-. The molecule has 0 radical (unpaired) electrons. The van der Waals surface area contributed by atoms with Gasteiger partial charge in [-0.25, -0.2) is 13.8 Å². The highest BCUT2D eigenvalue weighted by molar-refractivity contribution is 6.42. The normalized spacial score (nSPS) is 11.1. The van der Waals surface area contributed by atoms with E-state index in [0.717, 1.165) is 18.3 Å². The highest BCUT2D eigenvalue weighted by Crippen LogP contribution is 2.28. The number of hydrogen-bond donors (Lipinski definition) is 1. The van der Waals surface area contributed by atoms with Crippen LogP contribution >= 0.6 is 34.8 Å². The van der Waals surface area contributed by atoms with Crippen molar-refractivity contribution in [3.8, 4) is 0 Å². The van der Waals surface area contributed by atoms with E-state index >= 15 is 0 Å². The number of halogens is 5. The van der Waals surface area contributed by atoms with Crippen LogP contribution in [0.1, 0.15) is 5.56 Å². The van der Waals surface area contributed by atoms with Crippen LogP contribution in [0.15, 0.2) is 29.4 Å². The van der Waals surface area contributed by atoms with Crippen molar-refractivity contribution in [3.63, 3.8) is 0 Å². The maximum atomic E-state index is 13.3. The van der Waals surface area contributed by atoms with E-state index in [2.05, 4.69) is 15.5 Å². The lowest BCUT2D eigenvalue weighted by molar-refractivity contribution is 0.582. The molecule has 1 heterocycles. The molecular formula is C12H6Cl3F2N3. The quantitative estimate of drug-likeness (QED) is 0.498. The monoisotopic (exact) mass is 335 g/mol. The Morgan fingerprint density at radius 2 is 1.85 bits per heavy atom. The fourth-order valence-electron chi connectivity index (χ4n) is 1.29. The van der Waals surface area contributed by atoms with Gasteiger partial charge in [-0.3, -0.25) is 5.43 Å². The summed E-state index contributed by atoms with van der Waals surface area (Å²) in [5.41, 5.74) is 2.60. The number of nitrogens with one attached hydrogen (secondary N) is 1. The van der Waals surface area contributed by atoms with Gasteiger partial charge in [0.05, 0.1) is 16.3 Å². The van der Waals surface area contributed by atoms with Crippen molar-refractivity contribution in [1.29, 1.82) is 0 Å². The Kier molecular flexibility index (Phi) is 4.75. The number of rotatable bonds is 3. The lowest BCUT2D eigenvalue weighted by atomic mass is 10.2. The van der Waals surface area contributed by atoms with Crippen LogP contribution in [-0.2, 0) is 0 Å². The molecule has 0 unspecified atom stereocenters. The van der Waals surface area contributed by atoms with Gasteiger partial charge in [0, 0.05) is 11.6 Å². The number of nitrogens with zero attached hydrogens (tertiary/aromatic N) is 2. The summed E-state index contributed by atoms with van der Waals surface area (Å²) in [6, 6.07) is 4.52. The molecule has 8 heteroatoms. The van der Waals surface area contributed by atoms with Crippen LogP contribution in [0.5, 0.6) is 0 Å². The van der Waals surface area contributed by atoms with Crippen LogP contribution in [0.4, 0.5) is 14.6 Å². The van der Waals surface area contributed by atoms with Crippen LogP contribution in [0, 0.1) is 11.6 Å². The molecule has 104 valence electrons. The molecule has 1 aromatic carbocycles. The number of hydrazone groups is 1. The van der Waals surface area contributed by atoms with Gasteiger partial charge in [-0.2, -0.15) is 5.10 Å². The molecule has 2 aromatic rings. The summed E-state index contributed by atoms with van der Waals surface area (Å²) in [4.78, 5) is 3.86. The number of anilines is 1. The molecule has 0 aliphatic heterocycles. The van der Waals surface area contributed by atoms with Gasteiger partial charge in [0.2, 0.25) is 0 Å². The third-order valence-electron chi connectivity index (χ3n) is 2.22. The maximum absolute atomic E-state index is 13.3. The molecule has 0 saturated heterocycles. The first-order chi connectivity index (χ1) is 9.47. The van der Waals surface area contributed by atoms with E-state index in [-0.39, 0.29) is 26.6 Å². The second-order valence-corrected chi connectivity index (χ2v) is 4.80. The van der Waals surface area contributed by atoms with Crippen molar-refractivity contribution in [3.05, 3.63) is 56.7 Å². The second-order valence-electron chi connectivity index (χ2n) is 3.63. The Balaban J connectivity index is 2.16. The van der Waals surface area contributed by atoms with Gasteiger partial charge in [-0.05, 0) is 18.2 Å². The average Bonchev–Trinajstić information content (AvgIpc) is 2.38. The maximum Gasteiger partial charge on any atom is 0.166 e. The highest BCUT2D eigenvalue weighted by atomic mass is 35.5. The Morgan fingerprint density at radius 1 is 1.10 bits per heavy atom. The topological polar surface area (TPSA) is 37.3 Å². The minimum atomic E-state index is -0.733. The van der Waals surface area contributed by atoms with Crippen LogP contribution in [0.25, 0.3) is 0 Å². The van der Waals surface area contributed by atoms with Crippen molar-refractivity contribution in [1.82, 2.24) is 4.98 Å². The van der Waals surface area contributed by atoms with E-state index in [1.807, 2.05) is 0 Å². The van der Waals surface area contributed by atoms with Crippen LogP contribution in [-0.4, -0.2) is 11.2 Å². The van der Waals surface area contributed by atoms with Crippen LogP contribution < -0.4 is 5.43 Å². The number of pyridine rings is 1. The van der Waals surface area contributed by atoms with E-state index in [0.29, 0.717) is 0 Å². The summed E-state index contributed by atoms with van der Waals surface area (Å²) < 4.78 is 26.0. The molecule has 0 bridgehead atoms. The molecule has 1 aromatic heterocycles. The fourth-order valence-corrected chi connectivity index (χ4v) is 1.83. The number of aromatic nitrogens is 1. The van der Waals surface area contributed by atoms with Crippen molar-refractivity contribution in [2.75, 3.05) is 5.43 Å². The van der Waals surface area contributed by atoms with Crippen molar-refractivity contribution in [2.45, 2.75) is 0 Å². The third-order valence-corrected chi connectivity index (χ3v) is 3.18. The van der Waals surface area contributed by atoms with Gasteiger partial charge in [-0.1, -0.05) is 34.8 Å². The molecule has 3 nitrogen and oxygen atoms in total. The molecule has 1 N–H and O–H groups in total. The minimum absolute atomic E-state index is 0.0572. The Labute approximate surface area is 128 Å². The first kappa shape index (κ1) is 15.0. The number of benzene rings is 1. The van der Waals surface area contributed by atoms with Crippen LogP contribution in [0.2, 0.25) is 15.2 Å². The zero-order chi connectivity index (χ0) is 14.7. The first-order valence-corrected chi connectivity index (χ1v) is 6.36. The van der Waals surface area contributed by atoms with E-state index < -0.39 is 11.6 Å². The minimum Gasteiger partial charge on any atom is -0.260 e. The predicted octanol–water partition coefficient (Wildman–Crippen LogP) is 4.77. The predicted molar refractivity (Wildman–Crippen MR) is 76.8 cm³/mol. The summed E-state index contributed by atoms with van der Waals surface area (Å²) in [6.45, 7) is 0. The Morgan fingerprint density at radius 3 is 2.55 bits per heavy atom. The van der Waals surface area contributed by atoms with E-state index in [1.165, 1.54) is 12.1 Å². The lowest BCUT2D eigenvalue weighted by Gasteiger charge is -2.04. The van der Waals surface area contributed by atoms with Crippen LogP contribution in [0.3, 0.4) is 0 Å². The molecule has 0 fully saturated rings. The van der Waals surface area contributed by atoms with E-state index in [4.69, 9.17) is 34.8 Å². The van der Waals surface area contributed by atoms with Crippen molar-refractivity contribution < 1.29 is 8.78 Å². The van der Waals surface area contributed by atoms with Gasteiger partial charge < -0.3 is 0 Å². The van der Waals surface area contributed by atoms with Gasteiger partial charge in [0.1, 0.15) is 16.8 Å². The molecule has 0 aliphatic carbocycles. The molecule has 0 amide bonds. The summed E-state index contributed by atoms with van der Waals surface area (Å²) in [5, 5.41) is 4.21. The van der Waals surface area contributed by atoms with Gasteiger partial charge >= 0.3 is 0 Å². The van der Waals surface area contributed by atoms with Gasteiger partial charge in [-0.15, -0.1) is 0 Å². The third kappa shape index (κ3) is 3.56. The van der Waals surface area contributed by atoms with Gasteiger partial charge in [0.25, 0.3) is 0 Å². The van der Waals surface area contributed by atoms with Crippen molar-refractivity contribution >= 4 is 46.8 Å². The average molecular weight is 337 g/mol. The van der Waals surface area contributed by atoms with Crippen molar-refractivity contribution in [2.24, 2.45) is 5.10 Å². The molecule has 0 saturated carbocycles. The second kappa shape index (κ2) is 6.35. The zero-order valence-corrected chi connectivity index (χ0v) is 11.9. The number of hydrogen-bond acceptors (Lipinski definition) is 3. The highest BCUT2D eigenvalue weighted by Gasteiger charge is 2.07. The molecule has 0 spiro atoms. The molecule has 2 rings (SSSR count). The van der Waals surface area contributed by atoms with Gasteiger partial charge in [0.15, 0.2) is 5.82 Å². The smallest absolute Gasteiger partial charge is 0.166 e. The molecule has 0 atom stereocenters. The van der Waals surface area contributed by atoms with E-state index in [9.17, 15) is 8.78 Å². The summed E-state index contributed by atoms with van der Waals surface area (Å²) >= 11 is 17.3. The molecule has 0 aliphatic rings. The lowest BCUT2D eigenvalue weighted by Crippen LogP contribution is -1.97. The summed E-state index contributed by atoms with van der Waals surface area (Å²) in [5.74, 6) is -1.23.